The second-order valence-electron chi connectivity index (χ2n) is 8.28. The second kappa shape index (κ2) is 10.6. The molecule has 0 bridgehead atoms. The molecule has 176 valence electrons. The number of rotatable bonds is 8. The van der Waals surface area contributed by atoms with Gasteiger partial charge in [0.25, 0.3) is 0 Å². The van der Waals surface area contributed by atoms with Crippen LogP contribution in [0.3, 0.4) is 0 Å². The van der Waals surface area contributed by atoms with E-state index >= 15 is 0 Å². The van der Waals surface area contributed by atoms with Crippen LogP contribution in [-0.2, 0) is 29.5 Å². The second-order valence-corrected chi connectivity index (χ2v) is 8.28. The van der Waals surface area contributed by atoms with Crippen molar-refractivity contribution in [1.29, 1.82) is 0 Å². The van der Waals surface area contributed by atoms with Gasteiger partial charge in [-0.05, 0) is 31.9 Å². The lowest BCUT2D eigenvalue weighted by Crippen LogP contribution is -2.65. The molecule has 0 aliphatic carbocycles. The molecule has 2 unspecified atom stereocenters. The van der Waals surface area contributed by atoms with Crippen LogP contribution < -0.4 is 0 Å². The Balaban J connectivity index is 1.53. The van der Waals surface area contributed by atoms with Crippen molar-refractivity contribution in [2.24, 2.45) is 0 Å². The lowest BCUT2D eigenvalue weighted by Gasteiger charge is -2.50. The minimum absolute atomic E-state index is 0.193. The van der Waals surface area contributed by atoms with E-state index < -0.39 is 42.5 Å². The zero-order chi connectivity index (χ0) is 23.3. The van der Waals surface area contributed by atoms with Gasteiger partial charge in [-0.1, -0.05) is 54.6 Å². The van der Waals surface area contributed by atoms with Crippen molar-refractivity contribution in [3.05, 3.63) is 84.4 Å². The topological polar surface area (TPSA) is 83.5 Å². The number of ether oxygens (including phenoxy) is 5. The fourth-order valence-electron chi connectivity index (χ4n) is 4.05. The van der Waals surface area contributed by atoms with Crippen LogP contribution in [0.15, 0.2) is 73.3 Å². The van der Waals surface area contributed by atoms with E-state index in [9.17, 15) is 9.90 Å². The number of carbonyl (C=O) groups excluding carboxylic acids is 1. The lowest BCUT2D eigenvalue weighted by atomic mass is 9.95. The molecule has 33 heavy (non-hydrogen) atoms. The lowest BCUT2D eigenvalue weighted by molar-refractivity contribution is -0.391. The number of allylic oxidation sites excluding steroid dienone is 1. The third-order valence-corrected chi connectivity index (χ3v) is 5.89. The first-order valence-electron chi connectivity index (χ1n) is 11.2. The molecule has 0 saturated carbocycles. The van der Waals surface area contributed by atoms with Crippen LogP contribution in [0.4, 0.5) is 0 Å². The molecule has 0 spiro atoms. The number of hydrogen-bond donors (Lipinski definition) is 1. The summed E-state index contributed by atoms with van der Waals surface area (Å²) in [6.07, 6.45) is -1.24. The Hall–Kier alpha value is -2.55. The summed E-state index contributed by atoms with van der Waals surface area (Å²) in [5, 5.41) is 11.3. The highest BCUT2D eigenvalue weighted by Crippen LogP contribution is 2.39. The predicted octanol–water partition coefficient (Wildman–Crippen LogP) is 3.57. The van der Waals surface area contributed by atoms with Gasteiger partial charge in [-0.15, -0.1) is 6.58 Å². The molecule has 2 fully saturated rings. The van der Waals surface area contributed by atoms with Gasteiger partial charge in [-0.2, -0.15) is 0 Å². The first-order chi connectivity index (χ1) is 16.0. The summed E-state index contributed by atoms with van der Waals surface area (Å²) in [6, 6.07) is 18.1. The van der Waals surface area contributed by atoms with Crippen molar-refractivity contribution in [1.82, 2.24) is 0 Å². The van der Waals surface area contributed by atoms with Gasteiger partial charge in [0.1, 0.15) is 18.3 Å². The first kappa shape index (κ1) is 23.6. The molecule has 2 aromatic carbocycles. The molecule has 2 aliphatic rings. The molecule has 2 aliphatic heterocycles. The molecule has 2 aromatic rings. The summed E-state index contributed by atoms with van der Waals surface area (Å²) in [5.41, 5.74) is 1.19. The average Bonchev–Trinajstić information content (AvgIpc) is 2.85. The maximum Gasteiger partial charge on any atom is 0.338 e. The zero-order valence-corrected chi connectivity index (χ0v) is 18.7. The maximum absolute atomic E-state index is 12.8. The van der Waals surface area contributed by atoms with E-state index in [1.807, 2.05) is 36.4 Å². The van der Waals surface area contributed by atoms with Gasteiger partial charge in [-0.25, -0.2) is 4.79 Å². The minimum Gasteiger partial charge on any atom is -0.450 e. The smallest absolute Gasteiger partial charge is 0.338 e. The Labute approximate surface area is 193 Å². The van der Waals surface area contributed by atoms with Gasteiger partial charge in [0.15, 0.2) is 18.2 Å². The Bertz CT molecular complexity index is 919. The van der Waals surface area contributed by atoms with Crippen molar-refractivity contribution in [3.8, 4) is 0 Å². The summed E-state index contributed by atoms with van der Waals surface area (Å²) in [7, 11) is 0. The monoisotopic (exact) mass is 454 g/mol. The van der Waals surface area contributed by atoms with Crippen LogP contribution in [0.5, 0.6) is 0 Å². The van der Waals surface area contributed by atoms with Gasteiger partial charge < -0.3 is 28.8 Å². The number of fused-ring (bicyclic) bond motifs is 1. The van der Waals surface area contributed by atoms with Crippen LogP contribution in [0.25, 0.3) is 0 Å². The Morgan fingerprint density at radius 1 is 1.18 bits per heavy atom. The fraction of sp³-hybridized carbons (Fsp3) is 0.423. The Kier molecular flexibility index (Phi) is 7.57. The molecule has 7 heteroatoms. The molecule has 0 amide bonds. The molecule has 2 saturated heterocycles. The molecule has 6 atom stereocenters. The van der Waals surface area contributed by atoms with Gasteiger partial charge in [0, 0.05) is 5.56 Å². The van der Waals surface area contributed by atoms with Gasteiger partial charge in [0.05, 0.1) is 18.8 Å². The van der Waals surface area contributed by atoms with Crippen molar-refractivity contribution < 1.29 is 33.6 Å². The summed E-state index contributed by atoms with van der Waals surface area (Å²) in [4.78, 5) is 12.8. The van der Waals surface area contributed by atoms with E-state index in [2.05, 4.69) is 6.58 Å². The summed E-state index contributed by atoms with van der Waals surface area (Å²) < 4.78 is 29.9. The highest BCUT2D eigenvalue weighted by atomic mass is 16.8. The van der Waals surface area contributed by atoms with E-state index in [4.69, 9.17) is 23.7 Å². The van der Waals surface area contributed by atoms with Crippen LogP contribution in [0, 0.1) is 0 Å². The van der Waals surface area contributed by atoms with Crippen LogP contribution in [0.1, 0.15) is 35.7 Å². The summed E-state index contributed by atoms with van der Waals surface area (Å²) >= 11 is 0. The molecule has 0 radical (unpaired) electrons. The number of carbonyl (C=O) groups is 1. The van der Waals surface area contributed by atoms with Gasteiger partial charge >= 0.3 is 5.97 Å². The molecular formula is C26H30O7. The minimum atomic E-state index is -1.17. The number of hydrogen-bond acceptors (Lipinski definition) is 7. The van der Waals surface area contributed by atoms with Crippen molar-refractivity contribution >= 4 is 5.97 Å². The van der Waals surface area contributed by atoms with Crippen LogP contribution >= 0.6 is 0 Å². The Morgan fingerprint density at radius 3 is 2.58 bits per heavy atom. The van der Waals surface area contributed by atoms with Crippen molar-refractivity contribution in [3.63, 3.8) is 0 Å². The van der Waals surface area contributed by atoms with E-state index in [1.54, 1.807) is 37.3 Å². The average molecular weight is 455 g/mol. The van der Waals surface area contributed by atoms with Crippen LogP contribution in [-0.4, -0.2) is 55.0 Å². The zero-order valence-electron chi connectivity index (χ0n) is 18.7. The molecule has 7 nitrogen and oxygen atoms in total. The normalized spacial score (nSPS) is 31.4. The van der Waals surface area contributed by atoms with Crippen molar-refractivity contribution in [2.45, 2.75) is 56.3 Å². The quantitative estimate of drug-likeness (QED) is 0.371. The number of aliphatic hydroxyl groups is 1. The highest BCUT2D eigenvalue weighted by molar-refractivity contribution is 5.89. The molecule has 0 aromatic heterocycles. The Morgan fingerprint density at radius 2 is 1.88 bits per heavy atom. The SMILES string of the molecule is C=CCCCOC1O[C@@H]2COC(C)(c3ccccc3)O[C@H]2[C@H](O)[C@H]1OC(=O)c1ccccc1. The molecule has 4 rings (SSSR count). The van der Waals surface area contributed by atoms with Gasteiger partial charge in [-0.3, -0.25) is 0 Å². The number of aliphatic hydroxyl groups excluding tert-OH is 1. The standard InChI is InChI=1S/C26H30O7/c1-3-4-11-16-29-25-23(32-24(28)18-12-7-5-8-13-18)21(27)22-20(31-25)17-30-26(2,33-22)19-14-9-6-10-15-19/h3,5-10,12-15,20-23,25,27H,1,4,11,16-17H2,2H3/t20-,21+,22-,23-,25?,26?/m1/s1. The first-order valence-corrected chi connectivity index (χ1v) is 11.2. The molecular weight excluding hydrogens is 424 g/mol. The van der Waals surface area contributed by atoms with E-state index in [-0.39, 0.29) is 6.61 Å². The third-order valence-electron chi connectivity index (χ3n) is 5.89. The molecule has 2 heterocycles. The predicted molar refractivity (Wildman–Crippen MR) is 120 cm³/mol. The third kappa shape index (κ3) is 5.34. The largest absolute Gasteiger partial charge is 0.450 e. The van der Waals surface area contributed by atoms with E-state index in [0.29, 0.717) is 12.2 Å². The molecule has 1 N–H and O–H groups in total. The fourth-order valence-corrected chi connectivity index (χ4v) is 4.05. The van der Waals surface area contributed by atoms with Crippen LogP contribution in [0.2, 0.25) is 0 Å². The number of unbranched alkanes of at least 4 members (excludes halogenated alkanes) is 1. The highest BCUT2D eigenvalue weighted by Gasteiger charge is 2.54. The maximum atomic E-state index is 12.8. The number of benzene rings is 2. The van der Waals surface area contributed by atoms with E-state index in [0.717, 1.165) is 18.4 Å². The summed E-state index contributed by atoms with van der Waals surface area (Å²) in [5.74, 6) is -1.64. The van der Waals surface area contributed by atoms with E-state index in [1.165, 1.54) is 0 Å². The van der Waals surface area contributed by atoms with Crippen molar-refractivity contribution in [2.75, 3.05) is 13.2 Å². The number of esters is 1. The summed E-state index contributed by atoms with van der Waals surface area (Å²) in [6.45, 7) is 6.07. The van der Waals surface area contributed by atoms with Gasteiger partial charge in [0.2, 0.25) is 0 Å².